The van der Waals surface area contributed by atoms with E-state index in [0.29, 0.717) is 5.69 Å². The van der Waals surface area contributed by atoms with Crippen LogP contribution in [0.2, 0.25) is 0 Å². The molecule has 0 aromatic heterocycles. The molecule has 1 aromatic carbocycles. The molecule has 1 fully saturated rings. The first kappa shape index (κ1) is 14.6. The number of halogens is 4. The lowest BCUT2D eigenvalue weighted by molar-refractivity contribution is -0.213. The lowest BCUT2D eigenvalue weighted by Gasteiger charge is -2.29. The van der Waals surface area contributed by atoms with Gasteiger partial charge in [-0.2, -0.15) is 13.2 Å². The normalized spacial score (nSPS) is 23.4. The van der Waals surface area contributed by atoms with E-state index >= 15 is 0 Å². The number of hydrogen-bond donors (Lipinski definition) is 2. The fourth-order valence-corrected chi connectivity index (χ4v) is 2.40. The molecule has 7 heteroatoms. The Morgan fingerprint density at radius 2 is 1.95 bits per heavy atom. The van der Waals surface area contributed by atoms with Crippen LogP contribution in [0.3, 0.4) is 0 Å². The Morgan fingerprint density at radius 3 is 2.42 bits per heavy atom. The van der Waals surface area contributed by atoms with Crippen LogP contribution in [0.1, 0.15) is 6.42 Å². The predicted molar refractivity (Wildman–Crippen MR) is 73.8 cm³/mol. The smallest absolute Gasteiger partial charge is 0.325 e. The number of carbonyl (C=O) groups is 1. The van der Waals surface area contributed by atoms with Crippen molar-refractivity contribution < 1.29 is 18.0 Å². The van der Waals surface area contributed by atoms with Crippen LogP contribution in [0.5, 0.6) is 0 Å². The minimum absolute atomic E-state index is 0.194. The molecule has 1 saturated heterocycles. The van der Waals surface area contributed by atoms with Gasteiger partial charge in [-0.1, -0.05) is 0 Å². The molecule has 1 amide bonds. The van der Waals surface area contributed by atoms with Gasteiger partial charge in [-0.15, -0.1) is 0 Å². The maximum absolute atomic E-state index is 13.1. The summed E-state index contributed by atoms with van der Waals surface area (Å²) in [6.45, 7) is -0.174. The number of anilines is 1. The number of carbonyl (C=O) groups excluding carboxylic acids is 1. The Bertz CT molecular complexity index is 467. The van der Waals surface area contributed by atoms with Crippen molar-refractivity contribution in [2.75, 3.05) is 18.4 Å². The molecule has 19 heavy (non-hydrogen) atoms. The van der Waals surface area contributed by atoms with E-state index in [2.05, 4.69) is 33.2 Å². The topological polar surface area (TPSA) is 41.1 Å². The molecule has 104 valence electrons. The molecule has 0 spiro atoms. The third kappa shape index (κ3) is 2.86. The second-order valence-electron chi connectivity index (χ2n) is 4.47. The average molecular weight is 384 g/mol. The summed E-state index contributed by atoms with van der Waals surface area (Å²) in [4.78, 5) is 12.0. The molecule has 2 N–H and O–H groups in total. The van der Waals surface area contributed by atoms with Crippen LogP contribution in [0.25, 0.3) is 0 Å². The Hall–Kier alpha value is -0.830. The quantitative estimate of drug-likeness (QED) is 0.771. The lowest BCUT2D eigenvalue weighted by atomic mass is 9.85. The highest BCUT2D eigenvalue weighted by Crippen LogP contribution is 2.43. The number of rotatable bonds is 2. The van der Waals surface area contributed by atoms with Crippen molar-refractivity contribution in [1.82, 2.24) is 5.32 Å². The molecule has 1 aliphatic rings. The van der Waals surface area contributed by atoms with E-state index in [-0.39, 0.29) is 19.5 Å². The van der Waals surface area contributed by atoms with Crippen molar-refractivity contribution in [3.8, 4) is 0 Å². The summed E-state index contributed by atoms with van der Waals surface area (Å²) in [6.07, 6.45) is -4.78. The molecule has 0 saturated carbocycles. The molecule has 3 nitrogen and oxygen atoms in total. The number of hydrogen-bond acceptors (Lipinski definition) is 2. The summed E-state index contributed by atoms with van der Waals surface area (Å²) in [6, 6.07) is 6.63. The summed E-state index contributed by atoms with van der Waals surface area (Å²) >= 11 is 2.08. The monoisotopic (exact) mass is 384 g/mol. The van der Waals surface area contributed by atoms with Gasteiger partial charge in [0.2, 0.25) is 5.91 Å². The van der Waals surface area contributed by atoms with E-state index in [1.165, 1.54) is 0 Å². The van der Waals surface area contributed by atoms with Gasteiger partial charge in [-0.25, -0.2) is 0 Å². The van der Waals surface area contributed by atoms with E-state index in [1.807, 2.05) is 0 Å². The molecule has 1 atom stereocenters. The predicted octanol–water partition coefficient (Wildman–Crippen LogP) is 2.77. The summed E-state index contributed by atoms with van der Waals surface area (Å²) in [5.74, 6) is -0.994. The summed E-state index contributed by atoms with van der Waals surface area (Å²) in [5.41, 5.74) is -1.95. The van der Waals surface area contributed by atoms with Gasteiger partial charge < -0.3 is 10.6 Å². The zero-order valence-electron chi connectivity index (χ0n) is 9.85. The molecular weight excluding hydrogens is 372 g/mol. The molecule has 1 aromatic rings. The fraction of sp³-hybridized carbons (Fsp3) is 0.417. The van der Waals surface area contributed by atoms with E-state index < -0.39 is 17.5 Å². The number of alkyl halides is 3. The van der Waals surface area contributed by atoms with Crippen molar-refractivity contribution in [1.29, 1.82) is 0 Å². The second-order valence-corrected chi connectivity index (χ2v) is 5.71. The first-order valence-electron chi connectivity index (χ1n) is 5.70. The lowest BCUT2D eigenvalue weighted by Crippen LogP contribution is -2.49. The molecular formula is C12H12F3IN2O. The molecule has 1 unspecified atom stereocenters. The maximum Gasteiger partial charge on any atom is 0.404 e. The van der Waals surface area contributed by atoms with Crippen LogP contribution in [0, 0.1) is 8.99 Å². The first-order valence-corrected chi connectivity index (χ1v) is 6.77. The molecule has 2 rings (SSSR count). The maximum atomic E-state index is 13.1. The first-order chi connectivity index (χ1) is 8.85. The summed E-state index contributed by atoms with van der Waals surface area (Å²) < 4.78 is 40.3. The average Bonchev–Trinajstić information content (AvgIpc) is 2.82. The van der Waals surface area contributed by atoms with Gasteiger partial charge in [0, 0.05) is 15.8 Å². The van der Waals surface area contributed by atoms with E-state index in [9.17, 15) is 18.0 Å². The van der Waals surface area contributed by atoms with Crippen molar-refractivity contribution in [2.45, 2.75) is 12.6 Å². The van der Waals surface area contributed by atoms with Gasteiger partial charge in [0.15, 0.2) is 5.41 Å². The largest absolute Gasteiger partial charge is 0.404 e. The minimum atomic E-state index is -4.55. The summed E-state index contributed by atoms with van der Waals surface area (Å²) in [7, 11) is 0. The van der Waals surface area contributed by atoms with Crippen LogP contribution in [-0.2, 0) is 4.79 Å². The number of amides is 1. The van der Waals surface area contributed by atoms with Crippen molar-refractivity contribution >= 4 is 34.2 Å². The van der Waals surface area contributed by atoms with Crippen LogP contribution < -0.4 is 10.6 Å². The van der Waals surface area contributed by atoms with Crippen LogP contribution >= 0.6 is 22.6 Å². The highest BCUT2D eigenvalue weighted by molar-refractivity contribution is 14.1. The van der Waals surface area contributed by atoms with E-state index in [1.54, 1.807) is 24.3 Å². The number of benzene rings is 1. The third-order valence-electron chi connectivity index (χ3n) is 3.23. The minimum Gasteiger partial charge on any atom is -0.325 e. The zero-order chi connectivity index (χ0) is 14.1. The van der Waals surface area contributed by atoms with Crippen LogP contribution in [-0.4, -0.2) is 25.2 Å². The summed E-state index contributed by atoms with van der Waals surface area (Å²) in [5, 5.41) is 4.97. The van der Waals surface area contributed by atoms with Gasteiger partial charge in [-0.3, -0.25) is 4.79 Å². The SMILES string of the molecule is O=C(Nc1ccc(I)cc1)C1(C(F)(F)F)CCNC1. The standard InChI is InChI=1S/C12H12F3IN2O/c13-12(14,15)11(5-6-17-7-11)10(19)18-9-3-1-8(16)2-4-9/h1-4,17H,5-7H2,(H,18,19). The number of nitrogens with one attached hydrogen (secondary N) is 2. The van der Waals surface area contributed by atoms with Gasteiger partial charge in [-0.05, 0) is 59.8 Å². The Morgan fingerprint density at radius 1 is 1.32 bits per heavy atom. The molecule has 0 bridgehead atoms. The van der Waals surface area contributed by atoms with Crippen molar-refractivity contribution in [3.63, 3.8) is 0 Å². The van der Waals surface area contributed by atoms with Crippen molar-refractivity contribution in [3.05, 3.63) is 27.8 Å². The Balaban J connectivity index is 2.19. The zero-order valence-corrected chi connectivity index (χ0v) is 12.0. The van der Waals surface area contributed by atoms with Gasteiger partial charge in [0.25, 0.3) is 0 Å². The van der Waals surface area contributed by atoms with E-state index in [0.717, 1.165) is 3.57 Å². The molecule has 1 aliphatic heterocycles. The molecule has 1 heterocycles. The fourth-order valence-electron chi connectivity index (χ4n) is 2.04. The Kier molecular flexibility index (Phi) is 4.05. The third-order valence-corrected chi connectivity index (χ3v) is 3.95. The van der Waals surface area contributed by atoms with Gasteiger partial charge >= 0.3 is 6.18 Å². The van der Waals surface area contributed by atoms with Gasteiger partial charge in [0.1, 0.15) is 0 Å². The molecule has 0 radical (unpaired) electrons. The van der Waals surface area contributed by atoms with Crippen LogP contribution in [0.4, 0.5) is 18.9 Å². The van der Waals surface area contributed by atoms with E-state index in [4.69, 9.17) is 0 Å². The molecule has 0 aliphatic carbocycles. The van der Waals surface area contributed by atoms with Crippen LogP contribution in [0.15, 0.2) is 24.3 Å². The van der Waals surface area contributed by atoms with Crippen molar-refractivity contribution in [2.24, 2.45) is 5.41 Å². The highest BCUT2D eigenvalue weighted by atomic mass is 127. The van der Waals surface area contributed by atoms with Gasteiger partial charge in [0.05, 0.1) is 0 Å². The highest BCUT2D eigenvalue weighted by Gasteiger charge is 2.61. The Labute approximate surface area is 122 Å². The second kappa shape index (κ2) is 5.28.